The van der Waals surface area contributed by atoms with Gasteiger partial charge in [-0.15, -0.1) is 0 Å². The van der Waals surface area contributed by atoms with Crippen molar-refractivity contribution in [3.05, 3.63) is 41.5 Å². The summed E-state index contributed by atoms with van der Waals surface area (Å²) in [5.41, 5.74) is 0.306. The monoisotopic (exact) mass is 522 g/mol. The molecule has 0 N–H and O–H groups in total. The van der Waals surface area contributed by atoms with E-state index in [2.05, 4.69) is 18.6 Å². The Kier molecular flexibility index (Phi) is 10.0. The fraction of sp³-hybridized carbons (Fsp3) is 0.750. The highest BCUT2D eigenvalue weighted by Gasteiger charge is 2.34. The van der Waals surface area contributed by atoms with Crippen LogP contribution in [0.15, 0.2) is 24.3 Å². The van der Waals surface area contributed by atoms with E-state index in [0.717, 1.165) is 75.7 Å². The molecule has 1 aromatic carbocycles. The van der Waals surface area contributed by atoms with Crippen molar-refractivity contribution in [2.45, 2.75) is 122 Å². The molecule has 0 atom stereocenters. The van der Waals surface area contributed by atoms with Gasteiger partial charge in [0.15, 0.2) is 11.6 Å². The average molecular weight is 523 g/mol. The van der Waals surface area contributed by atoms with Crippen molar-refractivity contribution in [1.29, 1.82) is 0 Å². The Morgan fingerprint density at radius 3 is 1.97 bits per heavy atom. The number of alkyl halides is 2. The maximum atomic E-state index is 15.0. The molecule has 3 fully saturated rings. The van der Waals surface area contributed by atoms with Crippen LogP contribution < -0.4 is 4.74 Å². The third kappa shape index (κ3) is 7.53. The van der Waals surface area contributed by atoms with Crippen LogP contribution in [0.2, 0.25) is 0 Å². The first-order valence-corrected chi connectivity index (χ1v) is 15.0. The molecule has 208 valence electrons. The molecule has 0 spiro atoms. The summed E-state index contributed by atoms with van der Waals surface area (Å²) < 4.78 is 63.5. The number of rotatable bonds is 9. The minimum absolute atomic E-state index is 0.0602. The first kappa shape index (κ1) is 28.5. The van der Waals surface area contributed by atoms with E-state index < -0.39 is 23.5 Å². The highest BCUT2D eigenvalue weighted by molar-refractivity contribution is 5.34. The predicted molar refractivity (Wildman–Crippen MR) is 142 cm³/mol. The molecule has 3 aliphatic rings. The molecule has 3 aliphatic carbocycles. The van der Waals surface area contributed by atoms with E-state index in [0.29, 0.717) is 17.4 Å². The van der Waals surface area contributed by atoms with Crippen LogP contribution in [0.5, 0.6) is 5.75 Å². The van der Waals surface area contributed by atoms with Gasteiger partial charge in [0.25, 0.3) is 0 Å². The molecule has 1 nitrogen and oxygen atoms in total. The van der Waals surface area contributed by atoms with Crippen LogP contribution >= 0.6 is 0 Å². The molecule has 37 heavy (non-hydrogen) atoms. The zero-order valence-corrected chi connectivity index (χ0v) is 22.8. The third-order valence-electron chi connectivity index (χ3n) is 9.82. The Morgan fingerprint density at radius 2 is 1.38 bits per heavy atom. The summed E-state index contributed by atoms with van der Waals surface area (Å²) >= 11 is 0. The molecule has 0 bridgehead atoms. The summed E-state index contributed by atoms with van der Waals surface area (Å²) in [5, 5.41) is 0. The first-order valence-electron chi connectivity index (χ1n) is 15.0. The summed E-state index contributed by atoms with van der Waals surface area (Å²) in [7, 11) is 0. The fourth-order valence-electron chi connectivity index (χ4n) is 7.42. The van der Waals surface area contributed by atoms with Crippen molar-refractivity contribution in [2.24, 2.45) is 29.6 Å². The van der Waals surface area contributed by atoms with E-state index in [9.17, 15) is 13.2 Å². The number of benzene rings is 1. The SMILES string of the molecule is CCCC1CCC(/C=C/C(F)(F)Oc2ccc(C3CCC(C4CCC(CC)CC4)CC3)c(F)c2F)CC1. The highest BCUT2D eigenvalue weighted by atomic mass is 19.3. The van der Waals surface area contributed by atoms with Crippen LogP contribution in [-0.2, 0) is 0 Å². The largest absolute Gasteiger partial charge is 0.426 e. The minimum atomic E-state index is -3.68. The number of allylic oxidation sites excluding steroid dienone is 1. The molecule has 0 amide bonds. The van der Waals surface area contributed by atoms with Crippen molar-refractivity contribution < 1.29 is 22.3 Å². The molecule has 0 radical (unpaired) electrons. The Morgan fingerprint density at radius 1 is 0.784 bits per heavy atom. The van der Waals surface area contributed by atoms with Gasteiger partial charge in [0.05, 0.1) is 0 Å². The fourth-order valence-corrected chi connectivity index (χ4v) is 7.42. The molecule has 1 aromatic rings. The zero-order valence-electron chi connectivity index (χ0n) is 22.8. The van der Waals surface area contributed by atoms with Gasteiger partial charge in [-0.25, -0.2) is 4.39 Å². The lowest BCUT2D eigenvalue weighted by molar-refractivity contribution is -0.133. The van der Waals surface area contributed by atoms with E-state index in [-0.39, 0.29) is 11.8 Å². The molecular weight excluding hydrogens is 476 g/mol. The topological polar surface area (TPSA) is 9.23 Å². The smallest absolute Gasteiger partial charge is 0.419 e. The van der Waals surface area contributed by atoms with Gasteiger partial charge in [0, 0.05) is 6.08 Å². The highest BCUT2D eigenvalue weighted by Crippen LogP contribution is 2.45. The Labute approximate surface area is 221 Å². The van der Waals surface area contributed by atoms with Crippen molar-refractivity contribution >= 4 is 0 Å². The number of hydrogen-bond donors (Lipinski definition) is 0. The summed E-state index contributed by atoms with van der Waals surface area (Å²) in [4.78, 5) is 0. The number of hydrogen-bond acceptors (Lipinski definition) is 1. The molecule has 3 saturated carbocycles. The van der Waals surface area contributed by atoms with Crippen LogP contribution in [0.1, 0.15) is 122 Å². The van der Waals surface area contributed by atoms with E-state index >= 15 is 4.39 Å². The molecule has 0 aromatic heterocycles. The lowest BCUT2D eigenvalue weighted by Gasteiger charge is -2.38. The van der Waals surface area contributed by atoms with Crippen LogP contribution in [0.3, 0.4) is 0 Å². The summed E-state index contributed by atoms with van der Waals surface area (Å²) in [6, 6.07) is 2.64. The number of ether oxygens (including phenoxy) is 1. The summed E-state index contributed by atoms with van der Waals surface area (Å²) in [6.07, 6.45) is 15.0. The molecule has 5 heteroatoms. The lowest BCUT2D eigenvalue weighted by atomic mass is 9.68. The second kappa shape index (κ2) is 13.0. The third-order valence-corrected chi connectivity index (χ3v) is 9.82. The van der Waals surface area contributed by atoms with Crippen LogP contribution in [0.4, 0.5) is 17.6 Å². The Hall–Kier alpha value is -1.52. The van der Waals surface area contributed by atoms with Gasteiger partial charge in [-0.1, -0.05) is 58.1 Å². The second-order valence-electron chi connectivity index (χ2n) is 12.2. The van der Waals surface area contributed by atoms with Gasteiger partial charge in [0.1, 0.15) is 0 Å². The van der Waals surface area contributed by atoms with Crippen molar-refractivity contribution in [2.75, 3.05) is 0 Å². The van der Waals surface area contributed by atoms with Crippen molar-refractivity contribution in [3.8, 4) is 5.75 Å². The first-order chi connectivity index (χ1) is 17.8. The van der Waals surface area contributed by atoms with Gasteiger partial charge < -0.3 is 4.74 Å². The van der Waals surface area contributed by atoms with Crippen LogP contribution in [0.25, 0.3) is 0 Å². The second-order valence-corrected chi connectivity index (χ2v) is 12.2. The molecule has 4 rings (SSSR count). The van der Waals surface area contributed by atoms with Gasteiger partial charge in [-0.2, -0.15) is 13.2 Å². The Bertz CT molecular complexity index is 873. The maximum absolute atomic E-state index is 15.0. The van der Waals surface area contributed by atoms with E-state index in [1.807, 2.05) is 0 Å². The number of halogens is 4. The zero-order chi connectivity index (χ0) is 26.4. The molecule has 0 aliphatic heterocycles. The quantitative estimate of drug-likeness (QED) is 0.231. The minimum Gasteiger partial charge on any atom is -0.426 e. The average Bonchev–Trinajstić information content (AvgIpc) is 2.91. The van der Waals surface area contributed by atoms with Crippen LogP contribution in [0, 0.1) is 41.2 Å². The normalized spacial score (nSPS) is 31.5. The Balaban J connectivity index is 1.30. The molecule has 0 saturated heterocycles. The van der Waals surface area contributed by atoms with Crippen LogP contribution in [-0.4, -0.2) is 6.11 Å². The molecular formula is C32H46F4O. The maximum Gasteiger partial charge on any atom is 0.419 e. The molecule has 0 heterocycles. The van der Waals surface area contributed by atoms with Crippen molar-refractivity contribution in [1.82, 2.24) is 0 Å². The standard InChI is InChI=1S/C32H46F4O/c1-3-5-23-6-8-24(9-7-23)20-21-32(35,36)37-29-19-18-28(30(33)31(29)34)27-16-14-26(15-17-27)25-12-10-22(4-2)11-13-25/h18-27H,3-17H2,1-2H3/b21-20+. The van der Waals surface area contributed by atoms with E-state index in [1.165, 1.54) is 56.7 Å². The van der Waals surface area contributed by atoms with Gasteiger partial charge in [-0.3, -0.25) is 0 Å². The van der Waals surface area contributed by atoms with Gasteiger partial charge >= 0.3 is 6.11 Å². The lowest BCUT2D eigenvalue weighted by Crippen LogP contribution is -2.26. The molecule has 0 unspecified atom stereocenters. The summed E-state index contributed by atoms with van der Waals surface area (Å²) in [5.74, 6) is -0.0115. The van der Waals surface area contributed by atoms with Crippen molar-refractivity contribution in [3.63, 3.8) is 0 Å². The summed E-state index contributed by atoms with van der Waals surface area (Å²) in [6.45, 7) is 4.44. The van der Waals surface area contributed by atoms with E-state index in [4.69, 9.17) is 0 Å². The van der Waals surface area contributed by atoms with Gasteiger partial charge in [-0.05, 0) is 111 Å². The van der Waals surface area contributed by atoms with Gasteiger partial charge in [0.2, 0.25) is 5.82 Å². The van der Waals surface area contributed by atoms with E-state index in [1.54, 1.807) is 0 Å². The predicted octanol–water partition coefficient (Wildman–Crippen LogP) is 10.6.